The smallest absolute Gasteiger partial charge is 0.410 e. The van der Waals surface area contributed by atoms with Crippen LogP contribution in [0.25, 0.3) is 0 Å². The van der Waals surface area contributed by atoms with Crippen molar-refractivity contribution in [3.8, 4) is 11.6 Å². The summed E-state index contributed by atoms with van der Waals surface area (Å²) in [6.07, 6.45) is 0.0873. The molecular formula is C9H10F2N2O4. The molecule has 0 aromatic carbocycles. The highest BCUT2D eigenvalue weighted by Crippen LogP contribution is 2.17. The second-order valence-corrected chi connectivity index (χ2v) is 3.06. The van der Waals surface area contributed by atoms with Gasteiger partial charge in [-0.05, 0) is 6.07 Å². The van der Waals surface area contributed by atoms with Gasteiger partial charge in [0.15, 0.2) is 12.4 Å². The number of pyridine rings is 1. The van der Waals surface area contributed by atoms with Gasteiger partial charge in [-0.25, -0.2) is 18.6 Å². The number of aromatic nitrogens is 1. The maximum atomic E-state index is 12.6. The van der Waals surface area contributed by atoms with E-state index in [1.54, 1.807) is 0 Å². The molecule has 0 spiro atoms. The molecule has 0 fully saturated rings. The number of aliphatic hydroxyl groups excluding tert-OH is 1. The van der Waals surface area contributed by atoms with Crippen LogP contribution < -0.4 is 15.2 Å². The van der Waals surface area contributed by atoms with Crippen LogP contribution in [-0.4, -0.2) is 35.3 Å². The molecule has 0 aliphatic carbocycles. The van der Waals surface area contributed by atoms with Crippen molar-refractivity contribution < 1.29 is 28.2 Å². The van der Waals surface area contributed by atoms with Crippen LogP contribution in [0.4, 0.5) is 13.6 Å². The summed E-state index contributed by atoms with van der Waals surface area (Å²) in [5.74, 6) is -3.35. The number of amides is 1. The van der Waals surface area contributed by atoms with Crippen LogP contribution in [0, 0.1) is 0 Å². The molecule has 0 saturated heterocycles. The molecule has 1 amide bonds. The number of rotatable bonds is 5. The van der Waals surface area contributed by atoms with Gasteiger partial charge in [0, 0.05) is 6.07 Å². The van der Waals surface area contributed by atoms with Gasteiger partial charge < -0.3 is 20.3 Å². The lowest BCUT2D eigenvalue weighted by Gasteiger charge is -2.13. The molecule has 1 aromatic rings. The fourth-order valence-electron chi connectivity index (χ4n) is 0.854. The van der Waals surface area contributed by atoms with Crippen molar-refractivity contribution in [1.29, 1.82) is 0 Å². The standard InChI is InChI=1S/C9H10F2N2O4/c10-9(11,4-14)5-16-7-2-1-6(3-13-7)17-8(12)15/h1-3,14H,4-5H2,(H2,12,15). The van der Waals surface area contributed by atoms with Gasteiger partial charge in [-0.2, -0.15) is 0 Å². The zero-order chi connectivity index (χ0) is 12.9. The predicted molar refractivity (Wildman–Crippen MR) is 52.0 cm³/mol. The molecule has 0 saturated carbocycles. The maximum Gasteiger partial charge on any atom is 0.410 e. The number of hydrogen-bond donors (Lipinski definition) is 2. The third-order valence-electron chi connectivity index (χ3n) is 1.59. The van der Waals surface area contributed by atoms with E-state index in [9.17, 15) is 13.6 Å². The third kappa shape index (κ3) is 4.60. The summed E-state index contributed by atoms with van der Waals surface area (Å²) in [4.78, 5) is 14.0. The fourth-order valence-corrected chi connectivity index (χ4v) is 0.854. The van der Waals surface area contributed by atoms with E-state index in [1.807, 2.05) is 0 Å². The number of carbonyl (C=O) groups excluding carboxylic acids is 1. The Morgan fingerprint density at radius 3 is 2.71 bits per heavy atom. The first kappa shape index (κ1) is 13.1. The van der Waals surface area contributed by atoms with Crippen molar-refractivity contribution in [3.05, 3.63) is 18.3 Å². The molecule has 1 heterocycles. The average Bonchev–Trinajstić information content (AvgIpc) is 2.28. The van der Waals surface area contributed by atoms with E-state index in [1.165, 1.54) is 12.1 Å². The highest BCUT2D eigenvalue weighted by atomic mass is 19.3. The molecule has 0 aliphatic rings. The largest absolute Gasteiger partial charge is 0.471 e. The Labute approximate surface area is 95.0 Å². The zero-order valence-electron chi connectivity index (χ0n) is 8.60. The second-order valence-electron chi connectivity index (χ2n) is 3.06. The number of alkyl halides is 2. The minimum absolute atomic E-state index is 0.0683. The average molecular weight is 248 g/mol. The zero-order valence-corrected chi connectivity index (χ0v) is 8.60. The van der Waals surface area contributed by atoms with Gasteiger partial charge in [0.25, 0.3) is 0 Å². The van der Waals surface area contributed by atoms with Crippen LogP contribution in [0.15, 0.2) is 18.3 Å². The predicted octanol–water partition coefficient (Wildman–Crippen LogP) is 0.546. The van der Waals surface area contributed by atoms with Crippen LogP contribution in [0.2, 0.25) is 0 Å². The lowest BCUT2D eigenvalue weighted by atomic mass is 10.4. The van der Waals surface area contributed by atoms with E-state index in [-0.39, 0.29) is 11.6 Å². The molecule has 0 aliphatic heterocycles. The molecule has 1 aromatic heterocycles. The molecule has 17 heavy (non-hydrogen) atoms. The van der Waals surface area contributed by atoms with Gasteiger partial charge in [0.1, 0.15) is 6.61 Å². The van der Waals surface area contributed by atoms with Gasteiger partial charge >= 0.3 is 12.0 Å². The van der Waals surface area contributed by atoms with Crippen LogP contribution in [-0.2, 0) is 0 Å². The van der Waals surface area contributed by atoms with E-state index >= 15 is 0 Å². The van der Waals surface area contributed by atoms with Crippen molar-refractivity contribution in [2.24, 2.45) is 5.73 Å². The summed E-state index contributed by atoms with van der Waals surface area (Å²) in [6, 6.07) is 2.51. The van der Waals surface area contributed by atoms with Gasteiger partial charge in [-0.3, -0.25) is 0 Å². The summed E-state index contributed by atoms with van der Waals surface area (Å²) in [7, 11) is 0. The Balaban J connectivity index is 2.54. The van der Waals surface area contributed by atoms with Gasteiger partial charge in [0.05, 0.1) is 6.20 Å². The van der Waals surface area contributed by atoms with E-state index in [0.29, 0.717) is 0 Å². The Morgan fingerprint density at radius 1 is 1.53 bits per heavy atom. The number of nitrogens with zero attached hydrogens (tertiary/aromatic N) is 1. The lowest BCUT2D eigenvalue weighted by molar-refractivity contribution is -0.0809. The number of carbonyl (C=O) groups is 1. The molecule has 0 radical (unpaired) electrons. The number of primary amides is 1. The topological polar surface area (TPSA) is 94.7 Å². The lowest BCUT2D eigenvalue weighted by Crippen LogP contribution is -2.29. The molecule has 3 N–H and O–H groups in total. The quantitative estimate of drug-likeness (QED) is 0.793. The summed E-state index contributed by atoms with van der Waals surface area (Å²) in [5.41, 5.74) is 4.75. The molecule has 0 bridgehead atoms. The Morgan fingerprint density at radius 2 is 2.24 bits per heavy atom. The Hall–Kier alpha value is -1.96. The Kier molecular flexibility index (Phi) is 4.16. The number of aliphatic hydroxyl groups is 1. The van der Waals surface area contributed by atoms with E-state index in [2.05, 4.69) is 14.5 Å². The molecule has 0 atom stereocenters. The van der Waals surface area contributed by atoms with E-state index in [4.69, 9.17) is 10.8 Å². The summed E-state index contributed by atoms with van der Waals surface area (Å²) in [5, 5.41) is 8.29. The molecule has 0 unspecified atom stereocenters. The van der Waals surface area contributed by atoms with Gasteiger partial charge in [-0.15, -0.1) is 0 Å². The molecule has 1 rings (SSSR count). The first-order valence-electron chi connectivity index (χ1n) is 4.48. The highest BCUT2D eigenvalue weighted by molar-refractivity contribution is 5.67. The summed E-state index contributed by atoms with van der Waals surface area (Å²) in [6.45, 7) is -2.30. The van der Waals surface area contributed by atoms with Crippen LogP contribution in [0.1, 0.15) is 0 Å². The number of nitrogens with two attached hydrogens (primary N) is 1. The number of ether oxygens (including phenoxy) is 2. The first-order valence-corrected chi connectivity index (χ1v) is 4.48. The molecule has 94 valence electrons. The van der Waals surface area contributed by atoms with E-state index < -0.39 is 25.2 Å². The normalized spacial score (nSPS) is 11.0. The minimum atomic E-state index is -3.33. The van der Waals surface area contributed by atoms with Crippen LogP contribution >= 0.6 is 0 Å². The van der Waals surface area contributed by atoms with Crippen LogP contribution in [0.3, 0.4) is 0 Å². The molecular weight excluding hydrogens is 238 g/mol. The maximum absolute atomic E-state index is 12.6. The summed E-state index contributed by atoms with van der Waals surface area (Å²) >= 11 is 0. The number of halogens is 2. The van der Waals surface area contributed by atoms with Crippen molar-refractivity contribution in [2.75, 3.05) is 13.2 Å². The Bertz CT molecular complexity index is 383. The monoisotopic (exact) mass is 248 g/mol. The SMILES string of the molecule is NC(=O)Oc1ccc(OCC(F)(F)CO)nc1. The molecule has 6 nitrogen and oxygen atoms in total. The van der Waals surface area contributed by atoms with Crippen molar-refractivity contribution in [3.63, 3.8) is 0 Å². The van der Waals surface area contributed by atoms with Crippen molar-refractivity contribution in [1.82, 2.24) is 4.98 Å². The minimum Gasteiger partial charge on any atom is -0.471 e. The van der Waals surface area contributed by atoms with E-state index in [0.717, 1.165) is 6.20 Å². The number of hydrogen-bond acceptors (Lipinski definition) is 5. The highest BCUT2D eigenvalue weighted by Gasteiger charge is 2.28. The fraction of sp³-hybridized carbons (Fsp3) is 0.333. The van der Waals surface area contributed by atoms with Crippen molar-refractivity contribution >= 4 is 6.09 Å². The van der Waals surface area contributed by atoms with Crippen molar-refractivity contribution in [2.45, 2.75) is 5.92 Å². The third-order valence-corrected chi connectivity index (χ3v) is 1.59. The van der Waals surface area contributed by atoms with Gasteiger partial charge in [0.2, 0.25) is 5.88 Å². The van der Waals surface area contributed by atoms with Gasteiger partial charge in [-0.1, -0.05) is 0 Å². The van der Waals surface area contributed by atoms with Crippen LogP contribution in [0.5, 0.6) is 11.6 Å². The summed E-state index contributed by atoms with van der Waals surface area (Å²) < 4.78 is 34.3. The first-order chi connectivity index (χ1) is 7.93. The molecule has 8 heteroatoms. The second kappa shape index (κ2) is 5.39.